The van der Waals surface area contributed by atoms with E-state index in [0.717, 1.165) is 0 Å². The minimum Gasteiger partial charge on any atom is -0.242 e. The van der Waals surface area contributed by atoms with Crippen LogP contribution in [0.1, 0.15) is 12.6 Å². The van der Waals surface area contributed by atoms with Gasteiger partial charge in [0.1, 0.15) is 6.33 Å². The van der Waals surface area contributed by atoms with E-state index in [-0.39, 0.29) is 18.2 Å². The molecule has 0 radical (unpaired) electrons. The monoisotopic (exact) mass is 162 g/mol. The summed E-state index contributed by atoms with van der Waals surface area (Å²) in [7, 11) is 0. The van der Waals surface area contributed by atoms with Crippen molar-refractivity contribution in [2.75, 3.05) is 0 Å². The Kier molecular flexibility index (Phi) is 3.88. The third-order valence-corrected chi connectivity index (χ3v) is 1.08. The van der Waals surface area contributed by atoms with Crippen LogP contribution >= 0.6 is 12.4 Å². The highest BCUT2D eigenvalue weighted by molar-refractivity contribution is 5.85. The molecule has 2 nitrogen and oxygen atoms in total. The number of nitrogens with zero attached hydrogens (tertiary/aromatic N) is 2. The highest BCUT2D eigenvalue weighted by atomic mass is 35.5. The summed E-state index contributed by atoms with van der Waals surface area (Å²) in [6.07, 6.45) is 3.14. The summed E-state index contributed by atoms with van der Waals surface area (Å²) in [6, 6.07) is 0. The SMILES string of the molecule is CCc1ncncc1F.Cl. The van der Waals surface area contributed by atoms with Gasteiger partial charge in [-0.2, -0.15) is 0 Å². The van der Waals surface area contributed by atoms with Gasteiger partial charge in [-0.05, 0) is 6.42 Å². The minimum atomic E-state index is -0.319. The van der Waals surface area contributed by atoms with E-state index in [9.17, 15) is 4.39 Å². The average molecular weight is 163 g/mol. The molecule has 0 unspecified atom stereocenters. The van der Waals surface area contributed by atoms with Crippen molar-refractivity contribution in [3.05, 3.63) is 24.0 Å². The zero-order valence-corrected chi connectivity index (χ0v) is 6.36. The van der Waals surface area contributed by atoms with E-state index >= 15 is 0 Å². The number of aromatic nitrogens is 2. The van der Waals surface area contributed by atoms with Gasteiger partial charge in [-0.15, -0.1) is 12.4 Å². The van der Waals surface area contributed by atoms with Crippen LogP contribution in [-0.2, 0) is 6.42 Å². The van der Waals surface area contributed by atoms with Crippen molar-refractivity contribution in [1.82, 2.24) is 9.97 Å². The molecular weight excluding hydrogens is 155 g/mol. The lowest BCUT2D eigenvalue weighted by Crippen LogP contribution is -1.92. The van der Waals surface area contributed by atoms with E-state index in [2.05, 4.69) is 9.97 Å². The van der Waals surface area contributed by atoms with E-state index in [1.165, 1.54) is 12.5 Å². The molecule has 10 heavy (non-hydrogen) atoms. The lowest BCUT2D eigenvalue weighted by molar-refractivity contribution is 0.593. The number of hydrogen-bond acceptors (Lipinski definition) is 2. The highest BCUT2D eigenvalue weighted by Gasteiger charge is 1.96. The van der Waals surface area contributed by atoms with E-state index in [1.54, 1.807) is 0 Å². The summed E-state index contributed by atoms with van der Waals surface area (Å²) < 4.78 is 12.5. The van der Waals surface area contributed by atoms with Crippen LogP contribution in [0.15, 0.2) is 12.5 Å². The maximum atomic E-state index is 12.5. The molecule has 4 heteroatoms. The Hall–Kier alpha value is -0.700. The first-order valence-electron chi connectivity index (χ1n) is 2.79. The molecule has 0 aromatic carbocycles. The molecule has 1 aromatic rings. The van der Waals surface area contributed by atoms with Gasteiger partial charge in [0.05, 0.1) is 11.9 Å². The second-order valence-corrected chi connectivity index (χ2v) is 1.67. The van der Waals surface area contributed by atoms with Crippen molar-refractivity contribution < 1.29 is 4.39 Å². The summed E-state index contributed by atoms with van der Waals surface area (Å²) in [5.41, 5.74) is 0.477. The second kappa shape index (κ2) is 4.17. The Morgan fingerprint density at radius 1 is 1.60 bits per heavy atom. The largest absolute Gasteiger partial charge is 0.242 e. The van der Waals surface area contributed by atoms with Crippen LogP contribution in [0.25, 0.3) is 0 Å². The third kappa shape index (κ3) is 1.92. The predicted molar refractivity (Wildman–Crippen MR) is 38.6 cm³/mol. The average Bonchev–Trinajstić information content (AvgIpc) is 1.89. The first-order valence-corrected chi connectivity index (χ1v) is 2.79. The number of halogens is 2. The smallest absolute Gasteiger partial charge is 0.162 e. The van der Waals surface area contributed by atoms with Crippen LogP contribution < -0.4 is 0 Å². The fraction of sp³-hybridized carbons (Fsp3) is 0.333. The van der Waals surface area contributed by atoms with Gasteiger partial charge in [-0.3, -0.25) is 0 Å². The van der Waals surface area contributed by atoms with Gasteiger partial charge >= 0.3 is 0 Å². The quantitative estimate of drug-likeness (QED) is 0.627. The summed E-state index contributed by atoms with van der Waals surface area (Å²) >= 11 is 0. The van der Waals surface area contributed by atoms with Gasteiger partial charge in [0.25, 0.3) is 0 Å². The van der Waals surface area contributed by atoms with E-state index in [0.29, 0.717) is 12.1 Å². The van der Waals surface area contributed by atoms with Crippen LogP contribution in [-0.4, -0.2) is 9.97 Å². The lowest BCUT2D eigenvalue weighted by Gasteiger charge is -1.92. The van der Waals surface area contributed by atoms with Crippen LogP contribution in [0.3, 0.4) is 0 Å². The van der Waals surface area contributed by atoms with Crippen LogP contribution in [0.5, 0.6) is 0 Å². The molecule has 0 amide bonds. The highest BCUT2D eigenvalue weighted by Crippen LogP contribution is 1.99. The topological polar surface area (TPSA) is 25.8 Å². The van der Waals surface area contributed by atoms with Gasteiger partial charge in [0.2, 0.25) is 0 Å². The van der Waals surface area contributed by atoms with Crippen LogP contribution in [0.2, 0.25) is 0 Å². The zero-order chi connectivity index (χ0) is 6.69. The minimum absolute atomic E-state index is 0. The first-order chi connectivity index (χ1) is 4.34. The molecule has 0 aliphatic rings. The molecule has 1 aromatic heterocycles. The number of rotatable bonds is 1. The van der Waals surface area contributed by atoms with Crippen molar-refractivity contribution >= 4 is 12.4 Å². The van der Waals surface area contributed by atoms with Crippen LogP contribution in [0.4, 0.5) is 4.39 Å². The molecule has 0 fully saturated rings. The molecule has 0 aliphatic carbocycles. The van der Waals surface area contributed by atoms with Gasteiger partial charge in [-0.25, -0.2) is 14.4 Å². The standard InChI is InChI=1S/C6H7FN2.ClH/c1-2-6-5(7)3-8-4-9-6;/h3-4H,2H2,1H3;1H. The molecule has 0 saturated heterocycles. The Bertz CT molecular complexity index is 205. The molecule has 1 heterocycles. The maximum Gasteiger partial charge on any atom is 0.162 e. The molecule has 0 bridgehead atoms. The number of hydrogen-bond donors (Lipinski definition) is 0. The molecule has 1 rings (SSSR count). The molecule has 0 N–H and O–H groups in total. The maximum absolute atomic E-state index is 12.5. The van der Waals surface area contributed by atoms with E-state index in [4.69, 9.17) is 0 Å². The van der Waals surface area contributed by atoms with E-state index in [1.807, 2.05) is 6.92 Å². The van der Waals surface area contributed by atoms with Crippen molar-refractivity contribution in [2.45, 2.75) is 13.3 Å². The summed E-state index contributed by atoms with van der Waals surface area (Å²) in [6.45, 7) is 1.85. The Morgan fingerprint density at radius 2 is 2.30 bits per heavy atom. The molecule has 0 atom stereocenters. The van der Waals surface area contributed by atoms with Crippen molar-refractivity contribution in [2.24, 2.45) is 0 Å². The molecule has 0 spiro atoms. The second-order valence-electron chi connectivity index (χ2n) is 1.67. The van der Waals surface area contributed by atoms with Gasteiger partial charge in [0, 0.05) is 0 Å². The molecule has 0 saturated carbocycles. The summed E-state index contributed by atoms with van der Waals surface area (Å²) in [5.74, 6) is -0.319. The van der Waals surface area contributed by atoms with Crippen LogP contribution in [0, 0.1) is 5.82 Å². The zero-order valence-electron chi connectivity index (χ0n) is 5.54. The van der Waals surface area contributed by atoms with Crippen molar-refractivity contribution in [1.29, 1.82) is 0 Å². The normalized spacial score (nSPS) is 8.60. The van der Waals surface area contributed by atoms with Crippen molar-refractivity contribution in [3.8, 4) is 0 Å². The first kappa shape index (κ1) is 9.30. The fourth-order valence-corrected chi connectivity index (χ4v) is 0.598. The number of aryl methyl sites for hydroxylation is 1. The molecule has 0 aliphatic heterocycles. The Labute approximate surface area is 64.9 Å². The van der Waals surface area contributed by atoms with Gasteiger partial charge in [0.15, 0.2) is 5.82 Å². The molecule has 56 valence electrons. The Balaban J connectivity index is 0.000000810. The van der Waals surface area contributed by atoms with Crippen molar-refractivity contribution in [3.63, 3.8) is 0 Å². The lowest BCUT2D eigenvalue weighted by atomic mass is 10.3. The predicted octanol–water partition coefficient (Wildman–Crippen LogP) is 1.60. The van der Waals surface area contributed by atoms with E-state index < -0.39 is 0 Å². The fourth-order valence-electron chi connectivity index (χ4n) is 0.598. The Morgan fingerprint density at radius 3 is 2.70 bits per heavy atom. The summed E-state index contributed by atoms with van der Waals surface area (Å²) in [4.78, 5) is 7.22. The summed E-state index contributed by atoms with van der Waals surface area (Å²) in [5, 5.41) is 0. The third-order valence-electron chi connectivity index (χ3n) is 1.08. The van der Waals surface area contributed by atoms with Gasteiger partial charge < -0.3 is 0 Å². The van der Waals surface area contributed by atoms with Gasteiger partial charge in [-0.1, -0.05) is 6.92 Å². The molecular formula is C6H8ClFN2.